The molecule has 16 aromatic carbocycles. The first kappa shape index (κ1) is 93.2. The van der Waals surface area contributed by atoms with Gasteiger partial charge in [-0.15, -0.1) is 0 Å². The Labute approximate surface area is 795 Å². The van der Waals surface area contributed by atoms with Crippen molar-refractivity contribution in [1.82, 2.24) is 0 Å². The summed E-state index contributed by atoms with van der Waals surface area (Å²) in [4.78, 5) is 0. The summed E-state index contributed by atoms with van der Waals surface area (Å²) in [5, 5.41) is 0. The van der Waals surface area contributed by atoms with Crippen molar-refractivity contribution in [2.75, 3.05) is 56.9 Å². The van der Waals surface area contributed by atoms with Gasteiger partial charge < -0.3 is 55.6 Å². The van der Waals surface area contributed by atoms with E-state index in [-0.39, 0.29) is 0 Å². The average Bonchev–Trinajstić information content (AvgIpc) is 0.738. The van der Waals surface area contributed by atoms with Crippen LogP contribution in [-0.4, -0.2) is 90.1 Å². The van der Waals surface area contributed by atoms with Gasteiger partial charge >= 0.3 is 0 Å². The van der Waals surface area contributed by atoms with Crippen LogP contribution < -0.4 is 55.6 Å². The van der Waals surface area contributed by atoms with E-state index in [4.69, 9.17) is 55.6 Å². The Balaban J connectivity index is 0.982. The van der Waals surface area contributed by atoms with Crippen molar-refractivity contribution in [1.29, 1.82) is 0 Å². The van der Waals surface area contributed by atoms with Gasteiger partial charge in [0, 0.05) is 84.4 Å². The minimum atomic E-state index is -3.21. The molecule has 0 heterocycles. The topological polar surface area (TPSA) is 111 Å². The summed E-state index contributed by atoms with van der Waals surface area (Å²) in [6.45, 7) is 0. The third-order valence-corrected chi connectivity index (χ3v) is 40.6. The smallest absolute Gasteiger partial charge is 0.264 e. The van der Waals surface area contributed by atoms with Gasteiger partial charge in [0.15, 0.2) is 69.0 Å². The van der Waals surface area contributed by atoms with E-state index < -0.39 is 45.1 Å². The summed E-state index contributed by atoms with van der Waals surface area (Å²) in [5.41, 5.74) is 17.0. The van der Waals surface area contributed by atoms with Gasteiger partial charge in [0.05, 0.1) is 56.9 Å². The summed E-state index contributed by atoms with van der Waals surface area (Å²) in [6, 6.07) is 154. The molecule has 0 unspecified atom stereocenters. The number of hydrogen-bond donors (Lipinski definition) is 0. The normalized spacial score (nSPS) is 11.6. The number of hydrogen-bond acceptors (Lipinski definition) is 12. The van der Waals surface area contributed by atoms with E-state index in [2.05, 4.69) is 413 Å². The standard InChI is InChI=1S/C118H118O12Si4/c1-119-105-69-101(70-106(120-2)115(105)127-131(77-89-45-21-9-22-46-89,78-90-47-23-10-24-48-90)79-91-49-25-11-26-50-91)113(102-71-107(121-3)116(108(72-102)122-4)128-132(80-92-51-27-12-28-52-92,81-93-53-29-13-30-54-93)82-94-55-31-14-32-56-94)114(103-73-109(123-5)117(110(74-103)124-6)129-133(83-95-57-33-15-34-58-95,84-96-59-35-16-36-60-96)85-97-61-37-17-38-62-97)104-75-111(125-7)118(112(76-104)126-8)130-134(86-98-63-39-18-40-64-98,87-99-65-41-19-42-66-99)88-100-67-43-20-44-68-100/h9-76,113-114H,77-88H2,1-8H3. The molecule has 0 N–H and O–H groups in total. The van der Waals surface area contributed by atoms with Crippen LogP contribution in [-0.2, 0) is 72.5 Å². The van der Waals surface area contributed by atoms with E-state index in [0.717, 1.165) is 89.0 Å². The van der Waals surface area contributed by atoms with Crippen molar-refractivity contribution >= 4 is 33.3 Å². The summed E-state index contributed by atoms with van der Waals surface area (Å²) in [6.07, 6.45) is 0. The van der Waals surface area contributed by atoms with Crippen LogP contribution in [0.3, 0.4) is 0 Å². The lowest BCUT2D eigenvalue weighted by Gasteiger charge is -2.37. The highest BCUT2D eigenvalue weighted by atomic mass is 28.4. The fraction of sp³-hybridized carbons (Fsp3) is 0.186. The van der Waals surface area contributed by atoms with Gasteiger partial charge in [0.2, 0.25) is 0 Å². The predicted molar refractivity (Wildman–Crippen MR) is 549 cm³/mol. The van der Waals surface area contributed by atoms with Crippen LogP contribution >= 0.6 is 0 Å². The SMILES string of the molecule is COc1cc(C(c2cc(OC)c(O[Si](Cc3ccccc3)(Cc3ccccc3)Cc3ccccc3)c(OC)c2)C(c2cc(OC)c(O[Si](Cc3ccccc3)(Cc3ccccc3)Cc3ccccc3)c(OC)c2)c2cc(OC)c(O[Si](Cc3ccccc3)(Cc3ccccc3)Cc3ccccc3)c(OC)c2)cc(OC)c1O[Si](Cc1ccccc1)(Cc1ccccc1)Cc1ccccc1. The fourth-order valence-corrected chi connectivity index (χ4v) is 36.2. The van der Waals surface area contributed by atoms with Crippen LogP contribution in [0.5, 0.6) is 69.0 Å². The van der Waals surface area contributed by atoms with Crippen molar-refractivity contribution in [2.24, 2.45) is 0 Å². The third kappa shape index (κ3) is 23.5. The fourth-order valence-electron chi connectivity index (χ4n) is 19.5. The molecule has 0 saturated carbocycles. The number of methoxy groups -OCH3 is 8. The molecule has 0 aromatic heterocycles. The lowest BCUT2D eigenvalue weighted by Crippen LogP contribution is -2.50. The molecule has 0 aliphatic carbocycles. The highest BCUT2D eigenvalue weighted by molar-refractivity contribution is 6.74. The minimum Gasteiger partial charge on any atom is -0.537 e. The van der Waals surface area contributed by atoms with Crippen LogP contribution in [0.1, 0.15) is 101 Å². The van der Waals surface area contributed by atoms with Gasteiger partial charge in [0.1, 0.15) is 0 Å². The van der Waals surface area contributed by atoms with Crippen LogP contribution in [0.15, 0.2) is 413 Å². The molecule has 0 atom stereocenters. The molecule has 0 amide bonds. The van der Waals surface area contributed by atoms with Crippen LogP contribution in [0.4, 0.5) is 0 Å². The maximum Gasteiger partial charge on any atom is 0.264 e. The maximum absolute atomic E-state index is 8.19. The largest absolute Gasteiger partial charge is 0.537 e. The van der Waals surface area contributed by atoms with Crippen LogP contribution in [0.2, 0.25) is 0 Å². The zero-order chi connectivity index (χ0) is 92.4. The van der Waals surface area contributed by atoms with Gasteiger partial charge in [0.25, 0.3) is 33.3 Å². The molecule has 0 radical (unpaired) electrons. The molecule has 0 fully saturated rings. The van der Waals surface area contributed by atoms with Gasteiger partial charge in [-0.25, -0.2) is 0 Å². The molecule has 16 heteroatoms. The highest BCUT2D eigenvalue weighted by Crippen LogP contribution is 2.57. The highest BCUT2D eigenvalue weighted by Gasteiger charge is 2.47. The first-order valence-electron chi connectivity index (χ1n) is 46.1. The molecule has 0 aliphatic heterocycles. The van der Waals surface area contributed by atoms with Crippen molar-refractivity contribution in [3.63, 3.8) is 0 Å². The third-order valence-electron chi connectivity index (χ3n) is 25.4. The minimum absolute atomic E-state index is 0.456. The molecule has 0 aliphatic rings. The van der Waals surface area contributed by atoms with E-state index in [1.807, 2.05) is 0 Å². The Bertz CT molecular complexity index is 5080. The Morgan fingerprint density at radius 1 is 0.149 bits per heavy atom. The number of benzene rings is 16. The van der Waals surface area contributed by atoms with Gasteiger partial charge in [-0.3, -0.25) is 0 Å². The van der Waals surface area contributed by atoms with Crippen molar-refractivity contribution in [3.8, 4) is 69.0 Å². The maximum atomic E-state index is 8.19. The van der Waals surface area contributed by atoms with Crippen molar-refractivity contribution in [2.45, 2.75) is 84.4 Å². The van der Waals surface area contributed by atoms with E-state index >= 15 is 0 Å². The van der Waals surface area contributed by atoms with Crippen LogP contribution in [0, 0.1) is 0 Å². The van der Waals surface area contributed by atoms with E-state index in [0.29, 0.717) is 142 Å². The second kappa shape index (κ2) is 44.9. The van der Waals surface area contributed by atoms with Gasteiger partial charge in [-0.2, -0.15) is 0 Å². The molecule has 16 aromatic rings. The molecule has 678 valence electrons. The molecule has 12 nitrogen and oxygen atoms in total. The lowest BCUT2D eigenvalue weighted by atomic mass is 9.73. The molecule has 0 saturated heterocycles. The van der Waals surface area contributed by atoms with Crippen molar-refractivity contribution in [3.05, 3.63) is 502 Å². The molecule has 0 bridgehead atoms. The van der Waals surface area contributed by atoms with E-state index in [1.54, 1.807) is 56.9 Å². The zero-order valence-electron chi connectivity index (χ0n) is 77.8. The number of rotatable bonds is 45. The molecule has 134 heavy (non-hydrogen) atoms. The summed E-state index contributed by atoms with van der Waals surface area (Å²) >= 11 is 0. The van der Waals surface area contributed by atoms with Gasteiger partial charge in [-0.05, 0) is 138 Å². The van der Waals surface area contributed by atoms with Crippen LogP contribution in [0.25, 0.3) is 0 Å². The molecule has 0 spiro atoms. The average molecular weight is 1840 g/mol. The Hall–Kier alpha value is -14.0. The summed E-state index contributed by atoms with van der Waals surface area (Å²) < 4.78 is 88.6. The van der Waals surface area contributed by atoms with E-state index in [9.17, 15) is 0 Å². The Morgan fingerprint density at radius 3 is 0.336 bits per heavy atom. The first-order chi connectivity index (χ1) is 65.8. The predicted octanol–water partition coefficient (Wildman–Crippen LogP) is 25.4. The summed E-state index contributed by atoms with van der Waals surface area (Å²) in [5.74, 6) is 3.94. The molecular weight excluding hydrogens is 1720 g/mol. The quantitative estimate of drug-likeness (QED) is 0.0339. The second-order valence-electron chi connectivity index (χ2n) is 35.1. The summed E-state index contributed by atoms with van der Waals surface area (Å²) in [7, 11) is 0.903. The zero-order valence-corrected chi connectivity index (χ0v) is 81.8. The molecule has 16 rings (SSSR count). The second-order valence-corrected chi connectivity index (χ2v) is 49.6. The van der Waals surface area contributed by atoms with Gasteiger partial charge in [-0.1, -0.05) is 364 Å². The number of ether oxygens (including phenoxy) is 8. The lowest BCUT2D eigenvalue weighted by molar-refractivity contribution is 0.352. The van der Waals surface area contributed by atoms with Crippen molar-refractivity contribution < 1.29 is 55.6 Å². The monoisotopic (exact) mass is 1840 g/mol. The Kier molecular flexibility index (Phi) is 31.3. The Morgan fingerprint density at radius 2 is 0.246 bits per heavy atom. The van der Waals surface area contributed by atoms with E-state index in [1.165, 1.54) is 0 Å². The molecular formula is C118H118O12Si4. The first-order valence-corrected chi connectivity index (χ1v) is 56.2.